The SMILES string of the molecule is CC(C)(C)C1CCCCC1Nc1c(Br)cc(Br)cc1Br. The molecule has 1 fully saturated rings. The van der Waals surface area contributed by atoms with E-state index in [1.165, 1.54) is 31.4 Å². The Balaban J connectivity index is 2.23. The summed E-state index contributed by atoms with van der Waals surface area (Å²) in [6.07, 6.45) is 5.28. The van der Waals surface area contributed by atoms with Gasteiger partial charge in [0.25, 0.3) is 0 Å². The quantitative estimate of drug-likeness (QED) is 0.494. The van der Waals surface area contributed by atoms with Crippen molar-refractivity contribution in [3.8, 4) is 0 Å². The zero-order valence-corrected chi connectivity index (χ0v) is 17.0. The summed E-state index contributed by atoms with van der Waals surface area (Å²) in [5.74, 6) is 0.721. The van der Waals surface area contributed by atoms with Crippen molar-refractivity contribution >= 4 is 53.5 Å². The van der Waals surface area contributed by atoms with Gasteiger partial charge in [-0.25, -0.2) is 0 Å². The van der Waals surface area contributed by atoms with Crippen LogP contribution in [0.25, 0.3) is 0 Å². The number of halogens is 3. The lowest BCUT2D eigenvalue weighted by Gasteiger charge is -2.41. The van der Waals surface area contributed by atoms with Gasteiger partial charge in [0.15, 0.2) is 0 Å². The minimum absolute atomic E-state index is 0.354. The summed E-state index contributed by atoms with van der Waals surface area (Å²) in [5.41, 5.74) is 1.53. The molecule has 1 aromatic carbocycles. The number of anilines is 1. The predicted molar refractivity (Wildman–Crippen MR) is 98.4 cm³/mol. The summed E-state index contributed by atoms with van der Waals surface area (Å²) >= 11 is 10.9. The van der Waals surface area contributed by atoms with E-state index in [1.807, 2.05) is 0 Å². The van der Waals surface area contributed by atoms with Crippen molar-refractivity contribution in [1.29, 1.82) is 0 Å². The normalized spacial score (nSPS) is 23.7. The Kier molecular flexibility index (Phi) is 5.64. The first-order valence-corrected chi connectivity index (χ1v) is 9.58. The fraction of sp³-hybridized carbons (Fsp3) is 0.625. The second-order valence-corrected chi connectivity index (χ2v) is 9.38. The second kappa shape index (κ2) is 6.70. The van der Waals surface area contributed by atoms with E-state index < -0.39 is 0 Å². The summed E-state index contributed by atoms with van der Waals surface area (Å²) in [7, 11) is 0. The van der Waals surface area contributed by atoms with E-state index in [1.54, 1.807) is 0 Å². The molecule has 0 bridgehead atoms. The van der Waals surface area contributed by atoms with Gasteiger partial charge in [0.2, 0.25) is 0 Å². The highest BCUT2D eigenvalue weighted by molar-refractivity contribution is 9.11. The molecule has 0 amide bonds. The molecule has 2 rings (SSSR count). The number of nitrogens with one attached hydrogen (secondary N) is 1. The van der Waals surface area contributed by atoms with E-state index in [0.717, 1.165) is 19.3 Å². The fourth-order valence-electron chi connectivity index (χ4n) is 3.21. The minimum Gasteiger partial charge on any atom is -0.380 e. The van der Waals surface area contributed by atoms with Crippen LogP contribution in [0.3, 0.4) is 0 Å². The maximum absolute atomic E-state index is 3.79. The molecule has 1 nitrogen and oxygen atoms in total. The second-order valence-electron chi connectivity index (χ2n) is 6.75. The molecule has 1 N–H and O–H groups in total. The smallest absolute Gasteiger partial charge is 0.0632 e. The zero-order valence-electron chi connectivity index (χ0n) is 12.3. The Morgan fingerprint density at radius 1 is 1.00 bits per heavy atom. The van der Waals surface area contributed by atoms with Crippen LogP contribution in [0, 0.1) is 11.3 Å². The first-order valence-electron chi connectivity index (χ1n) is 7.20. The largest absolute Gasteiger partial charge is 0.380 e. The monoisotopic (exact) mass is 465 g/mol. The molecule has 2 unspecified atom stereocenters. The van der Waals surface area contributed by atoms with Gasteiger partial charge < -0.3 is 5.32 Å². The van der Waals surface area contributed by atoms with E-state index in [0.29, 0.717) is 11.5 Å². The molecule has 0 saturated heterocycles. The number of hydrogen-bond acceptors (Lipinski definition) is 1. The predicted octanol–water partition coefficient (Wildman–Crippen LogP) is 6.99. The van der Waals surface area contributed by atoms with Crippen molar-refractivity contribution in [2.45, 2.75) is 52.5 Å². The van der Waals surface area contributed by atoms with Gasteiger partial charge in [0, 0.05) is 19.5 Å². The van der Waals surface area contributed by atoms with Crippen LogP contribution in [0.1, 0.15) is 46.5 Å². The molecule has 0 spiro atoms. The summed E-state index contributed by atoms with van der Waals surface area (Å²) in [6.45, 7) is 7.09. The van der Waals surface area contributed by atoms with Gasteiger partial charge >= 0.3 is 0 Å². The molecular formula is C16H22Br3N. The summed E-state index contributed by atoms with van der Waals surface area (Å²) in [5, 5.41) is 3.79. The molecule has 1 aliphatic rings. The van der Waals surface area contributed by atoms with Gasteiger partial charge in [-0.2, -0.15) is 0 Å². The third-order valence-corrected chi connectivity index (χ3v) is 5.92. The Morgan fingerprint density at radius 3 is 2.10 bits per heavy atom. The van der Waals surface area contributed by atoms with Gasteiger partial charge in [-0.15, -0.1) is 0 Å². The zero-order chi connectivity index (χ0) is 14.9. The van der Waals surface area contributed by atoms with Crippen LogP contribution >= 0.6 is 47.8 Å². The minimum atomic E-state index is 0.354. The molecular weight excluding hydrogens is 446 g/mol. The van der Waals surface area contributed by atoms with Crippen LogP contribution in [-0.4, -0.2) is 6.04 Å². The van der Waals surface area contributed by atoms with Gasteiger partial charge in [-0.1, -0.05) is 49.5 Å². The van der Waals surface area contributed by atoms with Crippen LogP contribution in [-0.2, 0) is 0 Å². The molecule has 112 valence electrons. The molecule has 0 aromatic heterocycles. The average Bonchev–Trinajstić information content (AvgIpc) is 2.33. The highest BCUT2D eigenvalue weighted by atomic mass is 79.9. The molecule has 1 aromatic rings. The van der Waals surface area contributed by atoms with E-state index in [2.05, 4.69) is 86.0 Å². The van der Waals surface area contributed by atoms with Crippen LogP contribution in [0.2, 0.25) is 0 Å². The lowest BCUT2D eigenvalue weighted by molar-refractivity contribution is 0.163. The van der Waals surface area contributed by atoms with E-state index >= 15 is 0 Å². The number of hydrogen-bond donors (Lipinski definition) is 1. The Bertz CT molecular complexity index is 456. The van der Waals surface area contributed by atoms with Crippen molar-refractivity contribution in [2.75, 3.05) is 5.32 Å². The van der Waals surface area contributed by atoms with E-state index in [9.17, 15) is 0 Å². The standard InChI is InChI=1S/C16H22Br3N/c1-16(2,3)11-6-4-5-7-14(11)20-15-12(18)8-10(17)9-13(15)19/h8-9,11,14,20H,4-7H2,1-3H3. The number of rotatable bonds is 2. The summed E-state index contributed by atoms with van der Waals surface area (Å²) in [4.78, 5) is 0. The number of benzene rings is 1. The van der Waals surface area contributed by atoms with Gasteiger partial charge in [-0.05, 0) is 68.2 Å². The Morgan fingerprint density at radius 2 is 1.55 bits per heavy atom. The van der Waals surface area contributed by atoms with Gasteiger partial charge in [-0.3, -0.25) is 0 Å². The fourth-order valence-corrected chi connectivity index (χ4v) is 5.69. The van der Waals surface area contributed by atoms with E-state index in [-0.39, 0.29) is 0 Å². The lowest BCUT2D eigenvalue weighted by Crippen LogP contribution is -2.39. The maximum atomic E-state index is 3.79. The van der Waals surface area contributed by atoms with Crippen LogP contribution in [0.15, 0.2) is 25.6 Å². The van der Waals surface area contributed by atoms with Gasteiger partial charge in [0.05, 0.1) is 5.69 Å². The van der Waals surface area contributed by atoms with Crippen molar-refractivity contribution in [1.82, 2.24) is 0 Å². The summed E-state index contributed by atoms with van der Waals surface area (Å²) < 4.78 is 3.30. The molecule has 1 saturated carbocycles. The first-order chi connectivity index (χ1) is 9.29. The molecule has 0 heterocycles. The van der Waals surface area contributed by atoms with E-state index in [4.69, 9.17) is 0 Å². The average molecular weight is 468 g/mol. The molecule has 20 heavy (non-hydrogen) atoms. The molecule has 2 atom stereocenters. The van der Waals surface area contributed by atoms with Crippen LogP contribution in [0.4, 0.5) is 5.69 Å². The molecule has 4 heteroatoms. The molecule has 0 radical (unpaired) electrons. The third-order valence-electron chi connectivity index (χ3n) is 4.21. The van der Waals surface area contributed by atoms with Crippen molar-refractivity contribution in [3.63, 3.8) is 0 Å². The maximum Gasteiger partial charge on any atom is 0.0632 e. The highest BCUT2D eigenvalue weighted by Crippen LogP contribution is 2.42. The van der Waals surface area contributed by atoms with Crippen molar-refractivity contribution in [2.24, 2.45) is 11.3 Å². The van der Waals surface area contributed by atoms with Crippen molar-refractivity contribution < 1.29 is 0 Å². The molecule has 0 aliphatic heterocycles. The van der Waals surface area contributed by atoms with Crippen molar-refractivity contribution in [3.05, 3.63) is 25.6 Å². The van der Waals surface area contributed by atoms with Gasteiger partial charge in [0.1, 0.15) is 0 Å². The Hall–Kier alpha value is 0.460. The summed E-state index contributed by atoms with van der Waals surface area (Å²) in [6, 6.07) is 4.75. The Labute approximate surface area is 147 Å². The third kappa shape index (κ3) is 4.01. The van der Waals surface area contributed by atoms with Crippen LogP contribution in [0.5, 0.6) is 0 Å². The lowest BCUT2D eigenvalue weighted by atomic mass is 9.69. The highest BCUT2D eigenvalue weighted by Gasteiger charge is 2.34. The first kappa shape index (κ1) is 16.8. The molecule has 1 aliphatic carbocycles. The van der Waals surface area contributed by atoms with Crippen LogP contribution < -0.4 is 5.32 Å². The topological polar surface area (TPSA) is 12.0 Å².